The van der Waals surface area contributed by atoms with E-state index in [-0.39, 0.29) is 23.0 Å². The highest BCUT2D eigenvalue weighted by atomic mass is 32.1. The quantitative estimate of drug-likeness (QED) is 0.533. The first kappa shape index (κ1) is 16.6. The standard InChI is InChI=1S/C14H10N2O4S.C2H6/c17-9-3-1-7(5-11(9)19)13-15-14(21-16-13)8-2-4-10(18)12(20)6-8;1-2/h1-6,17-20H;1-2H3. The van der Waals surface area contributed by atoms with Gasteiger partial charge < -0.3 is 20.4 Å². The van der Waals surface area contributed by atoms with Crippen molar-refractivity contribution in [3.05, 3.63) is 36.4 Å². The lowest BCUT2D eigenvalue weighted by Crippen LogP contribution is -1.82. The van der Waals surface area contributed by atoms with Crippen LogP contribution in [-0.2, 0) is 0 Å². The van der Waals surface area contributed by atoms with E-state index in [9.17, 15) is 20.4 Å². The number of phenolic OH excluding ortho intramolecular Hbond substituents is 4. The summed E-state index contributed by atoms with van der Waals surface area (Å²) in [5, 5.41) is 38.1. The fraction of sp³-hybridized carbons (Fsp3) is 0.125. The second-order valence-electron chi connectivity index (χ2n) is 4.33. The Hall–Kier alpha value is -2.80. The van der Waals surface area contributed by atoms with E-state index in [1.165, 1.54) is 24.3 Å². The van der Waals surface area contributed by atoms with Gasteiger partial charge >= 0.3 is 0 Å². The third-order valence-electron chi connectivity index (χ3n) is 2.88. The van der Waals surface area contributed by atoms with Gasteiger partial charge in [-0.2, -0.15) is 4.37 Å². The molecule has 7 heteroatoms. The first-order valence-electron chi connectivity index (χ1n) is 6.93. The average molecular weight is 332 g/mol. The van der Waals surface area contributed by atoms with Gasteiger partial charge in [0.1, 0.15) is 5.01 Å². The average Bonchev–Trinajstić information content (AvgIpc) is 3.04. The van der Waals surface area contributed by atoms with Crippen molar-refractivity contribution in [3.63, 3.8) is 0 Å². The van der Waals surface area contributed by atoms with Crippen LogP contribution in [0.5, 0.6) is 23.0 Å². The zero-order valence-corrected chi connectivity index (χ0v) is 13.4. The maximum absolute atomic E-state index is 9.50. The van der Waals surface area contributed by atoms with E-state index in [0.29, 0.717) is 22.0 Å². The molecule has 0 spiro atoms. The van der Waals surface area contributed by atoms with Crippen molar-refractivity contribution in [2.45, 2.75) is 13.8 Å². The first-order chi connectivity index (χ1) is 11.0. The minimum Gasteiger partial charge on any atom is -0.504 e. The van der Waals surface area contributed by atoms with E-state index in [0.717, 1.165) is 11.5 Å². The van der Waals surface area contributed by atoms with Gasteiger partial charge in [0, 0.05) is 11.1 Å². The van der Waals surface area contributed by atoms with Crippen molar-refractivity contribution in [1.82, 2.24) is 9.36 Å². The maximum atomic E-state index is 9.50. The van der Waals surface area contributed by atoms with E-state index in [1.807, 2.05) is 13.8 Å². The third kappa shape index (κ3) is 3.51. The third-order valence-corrected chi connectivity index (χ3v) is 3.65. The number of rotatable bonds is 2. The fourth-order valence-electron chi connectivity index (χ4n) is 1.78. The van der Waals surface area contributed by atoms with Crippen molar-refractivity contribution in [1.29, 1.82) is 0 Å². The molecule has 1 aromatic heterocycles. The summed E-state index contributed by atoms with van der Waals surface area (Å²) in [6.45, 7) is 4.00. The molecule has 0 aliphatic carbocycles. The lowest BCUT2D eigenvalue weighted by atomic mass is 10.2. The number of hydrogen-bond donors (Lipinski definition) is 4. The van der Waals surface area contributed by atoms with Crippen molar-refractivity contribution in [2.24, 2.45) is 0 Å². The molecule has 0 amide bonds. The Balaban J connectivity index is 0.000000924. The van der Waals surface area contributed by atoms with Gasteiger partial charge in [-0.1, -0.05) is 13.8 Å². The Kier molecular flexibility index (Phi) is 5.02. The smallest absolute Gasteiger partial charge is 0.173 e. The Bertz CT molecular complexity index is 752. The van der Waals surface area contributed by atoms with Gasteiger partial charge in [0.15, 0.2) is 28.8 Å². The molecule has 0 radical (unpaired) electrons. The van der Waals surface area contributed by atoms with Crippen molar-refractivity contribution >= 4 is 11.5 Å². The number of aromatic hydroxyl groups is 4. The predicted molar refractivity (Wildman–Crippen MR) is 88.8 cm³/mol. The molecule has 120 valence electrons. The van der Waals surface area contributed by atoms with Crippen LogP contribution in [0.3, 0.4) is 0 Å². The molecule has 1 heterocycles. The molecule has 4 N–H and O–H groups in total. The number of nitrogens with zero attached hydrogens (tertiary/aromatic N) is 2. The number of hydrogen-bond acceptors (Lipinski definition) is 7. The molecule has 6 nitrogen and oxygen atoms in total. The lowest BCUT2D eigenvalue weighted by molar-refractivity contribution is 0.404. The van der Waals surface area contributed by atoms with E-state index in [4.69, 9.17) is 0 Å². The van der Waals surface area contributed by atoms with Crippen LogP contribution in [-0.4, -0.2) is 29.8 Å². The highest BCUT2D eigenvalue weighted by Crippen LogP contribution is 2.34. The fourth-order valence-corrected chi connectivity index (χ4v) is 2.46. The molecule has 0 unspecified atom stereocenters. The summed E-state index contributed by atoms with van der Waals surface area (Å²) in [7, 11) is 0. The molecule has 3 rings (SSSR count). The molecule has 0 aliphatic heterocycles. The number of aromatic nitrogens is 2. The summed E-state index contributed by atoms with van der Waals surface area (Å²) in [5.74, 6) is -0.486. The summed E-state index contributed by atoms with van der Waals surface area (Å²) in [4.78, 5) is 4.31. The van der Waals surface area contributed by atoms with Gasteiger partial charge in [-0.25, -0.2) is 4.98 Å². The predicted octanol–water partition coefficient (Wildman–Crippen LogP) is 3.72. The van der Waals surface area contributed by atoms with E-state index >= 15 is 0 Å². The summed E-state index contributed by atoms with van der Waals surface area (Å²) in [6, 6.07) is 8.71. The van der Waals surface area contributed by atoms with Crippen molar-refractivity contribution in [3.8, 4) is 45.0 Å². The summed E-state index contributed by atoms with van der Waals surface area (Å²) >= 11 is 1.12. The Morgan fingerprint density at radius 3 is 1.83 bits per heavy atom. The molecule has 0 fully saturated rings. The molecular formula is C16H16N2O4S. The van der Waals surface area contributed by atoms with Crippen LogP contribution in [0.15, 0.2) is 36.4 Å². The van der Waals surface area contributed by atoms with Crippen LogP contribution in [0.2, 0.25) is 0 Å². The zero-order chi connectivity index (χ0) is 17.0. The van der Waals surface area contributed by atoms with Gasteiger partial charge in [0.25, 0.3) is 0 Å². The van der Waals surface area contributed by atoms with Crippen LogP contribution in [0.25, 0.3) is 22.0 Å². The largest absolute Gasteiger partial charge is 0.504 e. The zero-order valence-electron chi connectivity index (χ0n) is 12.6. The van der Waals surface area contributed by atoms with Crippen LogP contribution >= 0.6 is 11.5 Å². The van der Waals surface area contributed by atoms with Gasteiger partial charge in [-0.05, 0) is 47.9 Å². The molecule has 0 bridgehead atoms. The van der Waals surface area contributed by atoms with Gasteiger partial charge in [-0.3, -0.25) is 0 Å². The highest BCUT2D eigenvalue weighted by molar-refractivity contribution is 7.09. The Morgan fingerprint density at radius 2 is 1.26 bits per heavy atom. The molecule has 2 aromatic carbocycles. The lowest BCUT2D eigenvalue weighted by Gasteiger charge is -2.00. The topological polar surface area (TPSA) is 107 Å². The summed E-state index contributed by atoms with van der Waals surface area (Å²) < 4.78 is 4.18. The maximum Gasteiger partial charge on any atom is 0.173 e. The van der Waals surface area contributed by atoms with Crippen LogP contribution in [0.4, 0.5) is 0 Å². The van der Waals surface area contributed by atoms with Crippen molar-refractivity contribution < 1.29 is 20.4 Å². The van der Waals surface area contributed by atoms with Crippen LogP contribution < -0.4 is 0 Å². The second-order valence-corrected chi connectivity index (χ2v) is 5.08. The monoisotopic (exact) mass is 332 g/mol. The SMILES string of the molecule is CC.Oc1ccc(-c2nsc(-c3ccc(O)c(O)c3)n2)cc1O. The molecule has 0 atom stereocenters. The number of benzene rings is 2. The molecule has 0 aliphatic rings. The van der Waals surface area contributed by atoms with Gasteiger partial charge in [0.2, 0.25) is 0 Å². The molecule has 0 saturated heterocycles. The first-order valence-corrected chi connectivity index (χ1v) is 7.70. The molecule has 0 saturated carbocycles. The molecule has 23 heavy (non-hydrogen) atoms. The second kappa shape index (κ2) is 6.97. The minimum atomic E-state index is -0.244. The summed E-state index contributed by atoms with van der Waals surface area (Å²) in [6.07, 6.45) is 0. The molecular weight excluding hydrogens is 316 g/mol. The van der Waals surface area contributed by atoms with Crippen LogP contribution in [0, 0.1) is 0 Å². The van der Waals surface area contributed by atoms with E-state index in [1.54, 1.807) is 12.1 Å². The van der Waals surface area contributed by atoms with Crippen LogP contribution in [0.1, 0.15) is 13.8 Å². The van der Waals surface area contributed by atoms with E-state index in [2.05, 4.69) is 9.36 Å². The molecule has 3 aromatic rings. The van der Waals surface area contributed by atoms with Gasteiger partial charge in [0.05, 0.1) is 0 Å². The minimum absolute atomic E-state index is 0.202. The Labute approximate surface area is 137 Å². The van der Waals surface area contributed by atoms with Gasteiger partial charge in [-0.15, -0.1) is 0 Å². The van der Waals surface area contributed by atoms with Crippen molar-refractivity contribution in [2.75, 3.05) is 0 Å². The number of phenols is 4. The highest BCUT2D eigenvalue weighted by Gasteiger charge is 2.11. The summed E-state index contributed by atoms with van der Waals surface area (Å²) in [5.41, 5.74) is 1.19. The normalized spacial score (nSPS) is 10.0. The Morgan fingerprint density at radius 1 is 0.739 bits per heavy atom. The van der Waals surface area contributed by atoms with E-state index < -0.39 is 0 Å².